The summed E-state index contributed by atoms with van der Waals surface area (Å²) in [4.78, 5) is 14.4. The number of nitrogens with zero attached hydrogens (tertiary/aromatic N) is 1. The molecule has 0 aromatic heterocycles. The van der Waals surface area contributed by atoms with Gasteiger partial charge in [0.25, 0.3) is 0 Å². The van der Waals surface area contributed by atoms with Crippen LogP contribution in [0.3, 0.4) is 0 Å². The number of benzene rings is 1. The van der Waals surface area contributed by atoms with Gasteiger partial charge in [-0.25, -0.2) is 0 Å². The first-order valence-corrected chi connectivity index (χ1v) is 7.32. The molecule has 0 radical (unpaired) electrons. The zero-order valence-corrected chi connectivity index (χ0v) is 13.4. The van der Waals surface area contributed by atoms with Crippen LogP contribution >= 0.6 is 0 Å². The lowest BCUT2D eigenvalue weighted by atomic mass is 9.91. The zero-order chi connectivity index (χ0) is 15.2. The second-order valence-corrected chi connectivity index (χ2v) is 6.34. The summed E-state index contributed by atoms with van der Waals surface area (Å²) >= 11 is 0. The molecule has 0 unspecified atom stereocenters. The van der Waals surface area contributed by atoms with Gasteiger partial charge < -0.3 is 9.64 Å². The van der Waals surface area contributed by atoms with E-state index < -0.39 is 0 Å². The lowest BCUT2D eigenvalue weighted by Gasteiger charge is -2.27. The van der Waals surface area contributed by atoms with Crippen LogP contribution in [0.2, 0.25) is 0 Å². The Kier molecular flexibility index (Phi) is 6.05. The smallest absolute Gasteiger partial charge is 0.227 e. The lowest BCUT2D eigenvalue weighted by Crippen LogP contribution is -2.34. The van der Waals surface area contributed by atoms with Gasteiger partial charge in [-0.2, -0.15) is 0 Å². The first-order chi connectivity index (χ1) is 9.37. The van der Waals surface area contributed by atoms with E-state index in [2.05, 4.69) is 27.7 Å². The number of ether oxygens (including phenoxy) is 1. The van der Waals surface area contributed by atoms with Crippen LogP contribution in [0.1, 0.15) is 47.0 Å². The molecule has 0 atom stereocenters. The molecule has 0 heterocycles. The van der Waals surface area contributed by atoms with Gasteiger partial charge in [0.2, 0.25) is 5.91 Å². The van der Waals surface area contributed by atoms with Crippen molar-refractivity contribution in [1.82, 2.24) is 0 Å². The Bertz CT molecular complexity index is 435. The summed E-state index contributed by atoms with van der Waals surface area (Å²) in [5, 5.41) is 0. The summed E-state index contributed by atoms with van der Waals surface area (Å²) in [5.41, 5.74) is 0.924. The highest BCUT2D eigenvalue weighted by Gasteiger charge is 2.22. The molecular weight excluding hydrogens is 250 g/mol. The highest BCUT2D eigenvalue weighted by Crippen LogP contribution is 2.26. The van der Waals surface area contributed by atoms with Gasteiger partial charge in [-0.1, -0.05) is 40.2 Å². The van der Waals surface area contributed by atoms with Crippen LogP contribution in [0, 0.1) is 5.41 Å². The summed E-state index contributed by atoms with van der Waals surface area (Å²) < 4.78 is 5.25. The molecule has 112 valence electrons. The molecule has 0 fully saturated rings. The fraction of sp³-hybridized carbons (Fsp3) is 0.588. The second-order valence-electron chi connectivity index (χ2n) is 6.34. The number of hydrogen-bond donors (Lipinski definition) is 0. The molecule has 1 rings (SSSR count). The molecule has 20 heavy (non-hydrogen) atoms. The summed E-state index contributed by atoms with van der Waals surface area (Å²) in [5.74, 6) is 0.965. The molecule has 3 heteroatoms. The largest absolute Gasteiger partial charge is 0.497 e. The minimum Gasteiger partial charge on any atom is -0.497 e. The number of amides is 1. The van der Waals surface area contributed by atoms with Crippen molar-refractivity contribution >= 4 is 11.6 Å². The third-order valence-electron chi connectivity index (χ3n) is 3.08. The van der Waals surface area contributed by atoms with Crippen molar-refractivity contribution in [1.29, 1.82) is 0 Å². The first-order valence-electron chi connectivity index (χ1n) is 7.32. The minimum atomic E-state index is 0.000411. The van der Waals surface area contributed by atoms with Gasteiger partial charge in [-0.3, -0.25) is 4.79 Å². The van der Waals surface area contributed by atoms with Crippen molar-refractivity contribution in [3.63, 3.8) is 0 Å². The average molecular weight is 277 g/mol. The number of methoxy groups -OCH3 is 1. The molecular formula is C17H27NO2. The Morgan fingerprint density at radius 3 is 2.55 bits per heavy atom. The average Bonchev–Trinajstić information content (AvgIpc) is 2.37. The van der Waals surface area contributed by atoms with Crippen LogP contribution in [0.5, 0.6) is 5.75 Å². The van der Waals surface area contributed by atoms with Crippen LogP contribution in [0.25, 0.3) is 0 Å². The molecule has 0 aliphatic heterocycles. The molecule has 0 aliphatic carbocycles. The fourth-order valence-corrected chi connectivity index (χ4v) is 2.04. The Balaban J connectivity index is 2.95. The van der Waals surface area contributed by atoms with Gasteiger partial charge in [0, 0.05) is 24.7 Å². The second kappa shape index (κ2) is 7.32. The van der Waals surface area contributed by atoms with Gasteiger partial charge in [-0.05, 0) is 24.0 Å². The number of anilines is 1. The number of unbranched alkanes of at least 4 members (excludes halogenated alkanes) is 1. The Morgan fingerprint density at radius 1 is 1.30 bits per heavy atom. The van der Waals surface area contributed by atoms with Crippen LogP contribution in [-0.4, -0.2) is 19.6 Å². The van der Waals surface area contributed by atoms with Crippen LogP contribution in [0.4, 0.5) is 5.69 Å². The summed E-state index contributed by atoms with van der Waals surface area (Å²) in [6, 6.07) is 7.72. The minimum absolute atomic E-state index is 0.000411. The highest BCUT2D eigenvalue weighted by atomic mass is 16.5. The third kappa shape index (κ3) is 5.24. The Labute approximate surface area is 122 Å². The molecule has 0 saturated carbocycles. The molecule has 0 saturated heterocycles. The van der Waals surface area contributed by atoms with Crippen molar-refractivity contribution < 1.29 is 9.53 Å². The summed E-state index contributed by atoms with van der Waals surface area (Å²) in [7, 11) is 1.65. The summed E-state index contributed by atoms with van der Waals surface area (Å²) in [6.07, 6.45) is 2.63. The quantitative estimate of drug-likeness (QED) is 0.777. The maximum absolute atomic E-state index is 12.5. The van der Waals surface area contributed by atoms with Gasteiger partial charge >= 0.3 is 0 Å². The number of rotatable bonds is 6. The molecule has 1 aromatic carbocycles. The van der Waals surface area contributed by atoms with E-state index in [1.165, 1.54) is 0 Å². The molecule has 3 nitrogen and oxygen atoms in total. The van der Waals surface area contributed by atoms with Crippen molar-refractivity contribution in [2.45, 2.75) is 47.0 Å². The lowest BCUT2D eigenvalue weighted by molar-refractivity contribution is -0.120. The van der Waals surface area contributed by atoms with E-state index in [-0.39, 0.29) is 11.3 Å². The van der Waals surface area contributed by atoms with Gasteiger partial charge in [0.05, 0.1) is 7.11 Å². The van der Waals surface area contributed by atoms with Crippen LogP contribution in [-0.2, 0) is 4.79 Å². The van der Waals surface area contributed by atoms with E-state index in [1.54, 1.807) is 7.11 Å². The zero-order valence-electron chi connectivity index (χ0n) is 13.4. The van der Waals surface area contributed by atoms with E-state index in [4.69, 9.17) is 4.74 Å². The van der Waals surface area contributed by atoms with Crippen molar-refractivity contribution in [2.24, 2.45) is 5.41 Å². The van der Waals surface area contributed by atoms with Crippen molar-refractivity contribution in [2.75, 3.05) is 18.6 Å². The van der Waals surface area contributed by atoms with E-state index in [0.717, 1.165) is 30.8 Å². The molecule has 0 aliphatic rings. The van der Waals surface area contributed by atoms with E-state index >= 15 is 0 Å². The number of carbonyl (C=O) groups is 1. The Morgan fingerprint density at radius 2 is 2.00 bits per heavy atom. The Hall–Kier alpha value is -1.51. The van der Waals surface area contributed by atoms with E-state index in [1.807, 2.05) is 29.2 Å². The monoisotopic (exact) mass is 277 g/mol. The van der Waals surface area contributed by atoms with Gasteiger partial charge in [-0.15, -0.1) is 0 Å². The standard InChI is InChI=1S/C17H27NO2/c1-6-7-11-18(16(19)13-17(2,3)4)14-9-8-10-15(12-14)20-5/h8-10,12H,6-7,11,13H2,1-5H3. The maximum atomic E-state index is 12.5. The maximum Gasteiger partial charge on any atom is 0.227 e. The van der Waals surface area contributed by atoms with Crippen molar-refractivity contribution in [3.05, 3.63) is 24.3 Å². The third-order valence-corrected chi connectivity index (χ3v) is 3.08. The first kappa shape index (κ1) is 16.5. The SMILES string of the molecule is CCCCN(C(=O)CC(C)(C)C)c1cccc(OC)c1. The molecule has 0 N–H and O–H groups in total. The number of hydrogen-bond acceptors (Lipinski definition) is 2. The predicted octanol–water partition coefficient (Wildman–Crippen LogP) is 4.26. The highest BCUT2D eigenvalue weighted by molar-refractivity contribution is 5.93. The predicted molar refractivity (Wildman–Crippen MR) is 84.3 cm³/mol. The molecule has 1 amide bonds. The topological polar surface area (TPSA) is 29.5 Å². The number of carbonyl (C=O) groups excluding carboxylic acids is 1. The fourth-order valence-electron chi connectivity index (χ4n) is 2.04. The van der Waals surface area contributed by atoms with E-state index in [0.29, 0.717) is 6.42 Å². The molecule has 0 bridgehead atoms. The van der Waals surface area contributed by atoms with Gasteiger partial charge in [0.1, 0.15) is 5.75 Å². The normalized spacial score (nSPS) is 11.2. The molecule has 0 spiro atoms. The van der Waals surface area contributed by atoms with Gasteiger partial charge in [0.15, 0.2) is 0 Å². The van der Waals surface area contributed by atoms with E-state index in [9.17, 15) is 4.79 Å². The molecule has 1 aromatic rings. The summed E-state index contributed by atoms with van der Waals surface area (Å²) in [6.45, 7) is 9.17. The van der Waals surface area contributed by atoms with Crippen LogP contribution in [0.15, 0.2) is 24.3 Å². The van der Waals surface area contributed by atoms with Crippen molar-refractivity contribution in [3.8, 4) is 5.75 Å². The van der Waals surface area contributed by atoms with Crippen LogP contribution < -0.4 is 9.64 Å².